The van der Waals surface area contributed by atoms with E-state index in [0.717, 1.165) is 11.0 Å². The Labute approximate surface area is 108 Å². The Morgan fingerprint density at radius 2 is 2.50 bits per heavy atom. The summed E-state index contributed by atoms with van der Waals surface area (Å²) >= 11 is 5.15. The van der Waals surface area contributed by atoms with E-state index in [2.05, 4.69) is 21.2 Å². The molecule has 3 nitrogen and oxygen atoms in total. The van der Waals surface area contributed by atoms with E-state index < -0.39 is 0 Å². The number of halogens is 1. The number of thiophene rings is 1. The van der Waals surface area contributed by atoms with Crippen LogP contribution in [-0.2, 0) is 16.1 Å². The van der Waals surface area contributed by atoms with Crippen LogP contribution in [0.2, 0.25) is 0 Å². The maximum Gasteiger partial charge on any atom is 0.330 e. The predicted octanol–water partition coefficient (Wildman–Crippen LogP) is 2.72. The van der Waals surface area contributed by atoms with Crippen LogP contribution >= 0.6 is 27.3 Å². The molecule has 0 radical (unpaired) electrons. The summed E-state index contributed by atoms with van der Waals surface area (Å²) in [6.45, 7) is 3.66. The minimum atomic E-state index is -0.290. The smallest absolute Gasteiger partial charge is 0.330 e. The summed E-state index contributed by atoms with van der Waals surface area (Å²) in [7, 11) is 0. The van der Waals surface area contributed by atoms with Crippen molar-refractivity contribution in [3.8, 4) is 0 Å². The van der Waals surface area contributed by atoms with E-state index in [9.17, 15) is 4.79 Å². The molecule has 0 aromatic carbocycles. The fourth-order valence-electron chi connectivity index (χ4n) is 1.07. The van der Waals surface area contributed by atoms with E-state index in [1.807, 2.05) is 11.4 Å². The predicted molar refractivity (Wildman–Crippen MR) is 69.5 cm³/mol. The third-order valence-electron chi connectivity index (χ3n) is 1.78. The van der Waals surface area contributed by atoms with Crippen molar-refractivity contribution in [3.05, 3.63) is 32.9 Å². The number of esters is 1. The van der Waals surface area contributed by atoms with Gasteiger partial charge in [0, 0.05) is 28.5 Å². The summed E-state index contributed by atoms with van der Waals surface area (Å²) in [5, 5.41) is 5.25. The molecule has 0 aliphatic rings. The number of carbonyl (C=O) groups excluding carboxylic acids is 1. The third-order valence-corrected chi connectivity index (χ3v) is 3.71. The molecule has 1 N–H and O–H groups in total. The van der Waals surface area contributed by atoms with Crippen molar-refractivity contribution in [2.45, 2.75) is 13.5 Å². The highest BCUT2D eigenvalue weighted by Gasteiger charge is 1.99. The Bertz CT molecular complexity index is 363. The van der Waals surface area contributed by atoms with Crippen molar-refractivity contribution >= 4 is 33.2 Å². The lowest BCUT2D eigenvalue weighted by Crippen LogP contribution is -2.12. The second kappa shape index (κ2) is 7.60. The van der Waals surface area contributed by atoms with Gasteiger partial charge < -0.3 is 10.1 Å². The summed E-state index contributed by atoms with van der Waals surface area (Å²) in [6.07, 6.45) is 3.21. The van der Waals surface area contributed by atoms with Crippen molar-refractivity contribution in [2.75, 3.05) is 13.2 Å². The van der Waals surface area contributed by atoms with Crippen LogP contribution in [0.3, 0.4) is 0 Å². The first-order valence-corrected chi connectivity index (χ1v) is 6.67. The second-order valence-electron chi connectivity index (χ2n) is 2.98. The first kappa shape index (κ1) is 13.4. The quantitative estimate of drug-likeness (QED) is 0.499. The number of hydrogen-bond acceptors (Lipinski definition) is 4. The van der Waals surface area contributed by atoms with E-state index in [1.165, 1.54) is 11.0 Å². The number of nitrogens with one attached hydrogen (secondary N) is 1. The Hall–Kier alpha value is -0.650. The summed E-state index contributed by atoms with van der Waals surface area (Å²) < 4.78 is 5.88. The highest BCUT2D eigenvalue weighted by atomic mass is 79.9. The zero-order chi connectivity index (χ0) is 11.8. The topological polar surface area (TPSA) is 38.3 Å². The van der Waals surface area contributed by atoms with Gasteiger partial charge in [0.15, 0.2) is 0 Å². The molecule has 0 spiro atoms. The van der Waals surface area contributed by atoms with Gasteiger partial charge in [0.25, 0.3) is 0 Å². The fraction of sp³-hybridized carbons (Fsp3) is 0.364. The monoisotopic (exact) mass is 303 g/mol. The van der Waals surface area contributed by atoms with E-state index in [1.54, 1.807) is 24.3 Å². The summed E-state index contributed by atoms with van der Waals surface area (Å²) in [6, 6.07) is 2.02. The van der Waals surface area contributed by atoms with Gasteiger partial charge in [-0.1, -0.05) is 6.08 Å². The van der Waals surface area contributed by atoms with Gasteiger partial charge in [-0.2, -0.15) is 0 Å². The van der Waals surface area contributed by atoms with Crippen LogP contribution < -0.4 is 5.32 Å². The van der Waals surface area contributed by atoms with Crippen molar-refractivity contribution < 1.29 is 9.53 Å². The third kappa shape index (κ3) is 4.92. The zero-order valence-electron chi connectivity index (χ0n) is 9.03. The number of hydrogen-bond donors (Lipinski definition) is 1. The molecule has 5 heteroatoms. The summed E-state index contributed by atoms with van der Waals surface area (Å²) in [5.41, 5.74) is 0. The Morgan fingerprint density at radius 3 is 3.12 bits per heavy atom. The van der Waals surface area contributed by atoms with Crippen LogP contribution in [0.25, 0.3) is 0 Å². The Balaban J connectivity index is 2.17. The number of rotatable bonds is 6. The van der Waals surface area contributed by atoms with Crippen LogP contribution in [0.4, 0.5) is 0 Å². The fourth-order valence-corrected chi connectivity index (χ4v) is 2.53. The molecule has 0 atom stereocenters. The van der Waals surface area contributed by atoms with Crippen LogP contribution in [0.5, 0.6) is 0 Å². The average molecular weight is 304 g/mol. The standard InChI is InChI=1S/C11H14BrNO2S/c1-2-15-11(14)4-3-6-13-8-10-9(12)5-7-16-10/h3-5,7,13H,2,6,8H2,1H3/b4-3+. The molecule has 0 aliphatic carbocycles. The lowest BCUT2D eigenvalue weighted by molar-refractivity contribution is -0.137. The van der Waals surface area contributed by atoms with Crippen LogP contribution in [-0.4, -0.2) is 19.1 Å². The molecule has 0 fully saturated rings. The van der Waals surface area contributed by atoms with E-state index in [4.69, 9.17) is 4.74 Å². The lowest BCUT2D eigenvalue weighted by Gasteiger charge is -1.99. The van der Waals surface area contributed by atoms with Crippen LogP contribution in [0, 0.1) is 0 Å². The number of ether oxygens (including phenoxy) is 1. The minimum Gasteiger partial charge on any atom is -0.463 e. The molecule has 0 saturated carbocycles. The Morgan fingerprint density at radius 1 is 1.69 bits per heavy atom. The molecule has 0 aliphatic heterocycles. The van der Waals surface area contributed by atoms with Gasteiger partial charge in [0.1, 0.15) is 0 Å². The SMILES string of the molecule is CCOC(=O)/C=C/CNCc1sccc1Br. The van der Waals surface area contributed by atoms with Gasteiger partial charge in [-0.3, -0.25) is 0 Å². The van der Waals surface area contributed by atoms with Gasteiger partial charge >= 0.3 is 5.97 Å². The van der Waals surface area contributed by atoms with Gasteiger partial charge in [-0.25, -0.2) is 4.79 Å². The second-order valence-corrected chi connectivity index (χ2v) is 4.83. The minimum absolute atomic E-state index is 0.290. The van der Waals surface area contributed by atoms with Crippen LogP contribution in [0.1, 0.15) is 11.8 Å². The molecule has 0 unspecified atom stereocenters. The van der Waals surface area contributed by atoms with Crippen LogP contribution in [0.15, 0.2) is 28.1 Å². The molecule has 88 valence electrons. The van der Waals surface area contributed by atoms with E-state index in [-0.39, 0.29) is 5.97 Å². The first-order valence-electron chi connectivity index (χ1n) is 5.00. The highest BCUT2D eigenvalue weighted by Crippen LogP contribution is 2.21. The molecule has 0 saturated heterocycles. The molecule has 1 heterocycles. The molecular weight excluding hydrogens is 290 g/mol. The highest BCUT2D eigenvalue weighted by molar-refractivity contribution is 9.10. The molecule has 16 heavy (non-hydrogen) atoms. The maximum atomic E-state index is 10.9. The van der Waals surface area contributed by atoms with Gasteiger partial charge in [-0.15, -0.1) is 11.3 Å². The normalized spacial score (nSPS) is 10.9. The molecule has 0 amide bonds. The maximum absolute atomic E-state index is 10.9. The van der Waals surface area contributed by atoms with Gasteiger partial charge in [0.2, 0.25) is 0 Å². The molecule has 1 aromatic rings. The molecular formula is C11H14BrNO2S. The van der Waals surface area contributed by atoms with Crippen molar-refractivity contribution in [1.82, 2.24) is 5.32 Å². The van der Waals surface area contributed by atoms with Gasteiger partial charge in [0.05, 0.1) is 6.61 Å². The van der Waals surface area contributed by atoms with Crippen molar-refractivity contribution in [1.29, 1.82) is 0 Å². The van der Waals surface area contributed by atoms with Gasteiger partial charge in [-0.05, 0) is 34.3 Å². The lowest BCUT2D eigenvalue weighted by atomic mass is 10.4. The summed E-state index contributed by atoms with van der Waals surface area (Å²) in [5.74, 6) is -0.290. The van der Waals surface area contributed by atoms with E-state index >= 15 is 0 Å². The number of carbonyl (C=O) groups is 1. The van der Waals surface area contributed by atoms with Crippen molar-refractivity contribution in [2.24, 2.45) is 0 Å². The Kier molecular flexibility index (Phi) is 6.37. The van der Waals surface area contributed by atoms with E-state index in [0.29, 0.717) is 13.2 Å². The zero-order valence-corrected chi connectivity index (χ0v) is 11.4. The first-order chi connectivity index (χ1) is 7.74. The molecule has 0 bridgehead atoms. The largest absolute Gasteiger partial charge is 0.463 e. The molecule has 1 rings (SSSR count). The van der Waals surface area contributed by atoms with Crippen molar-refractivity contribution in [3.63, 3.8) is 0 Å². The average Bonchev–Trinajstić information content (AvgIpc) is 2.64. The molecule has 1 aromatic heterocycles. The summed E-state index contributed by atoms with van der Waals surface area (Å²) in [4.78, 5) is 12.2.